The number of nitrogens with zero attached hydrogens (tertiary/aromatic N) is 2. The number of aromatic hydroxyl groups is 1. The molecule has 17 heavy (non-hydrogen) atoms. The van der Waals surface area contributed by atoms with E-state index in [2.05, 4.69) is 10.2 Å². The average molecular weight is 226 g/mol. The molecule has 0 heterocycles. The Hall–Kier alpha value is -2.16. The molecule has 0 spiro atoms. The maximum absolute atomic E-state index is 9.43. The fraction of sp³-hybridized carbons (Fsp3) is 0.143. The number of azo groups is 1. The van der Waals surface area contributed by atoms with E-state index in [1.807, 2.05) is 44.2 Å². The molecule has 2 aromatic rings. The van der Waals surface area contributed by atoms with Gasteiger partial charge in [-0.25, -0.2) is 0 Å². The Balaban J connectivity index is 2.34. The summed E-state index contributed by atoms with van der Waals surface area (Å²) in [6, 6.07) is 13.0. The smallest absolute Gasteiger partial charge is 0.116 e. The van der Waals surface area contributed by atoms with E-state index < -0.39 is 0 Å². The second-order valence-electron chi connectivity index (χ2n) is 3.96. The average Bonchev–Trinajstić information content (AvgIpc) is 2.29. The maximum atomic E-state index is 9.43. The van der Waals surface area contributed by atoms with Crippen molar-refractivity contribution in [3.63, 3.8) is 0 Å². The molecule has 0 amide bonds. The van der Waals surface area contributed by atoms with Crippen molar-refractivity contribution in [3.8, 4) is 5.75 Å². The Bertz CT molecular complexity index is 524. The Kier molecular flexibility index (Phi) is 3.19. The minimum atomic E-state index is 0.263. The normalized spacial score (nSPS) is 10.9. The number of benzene rings is 2. The van der Waals surface area contributed by atoms with Crippen molar-refractivity contribution in [2.75, 3.05) is 0 Å². The SMILES string of the molecule is Cc1cc(O)cc(C)c1/N=N/c1ccccc1. The molecule has 3 nitrogen and oxygen atoms in total. The standard InChI is InChI=1S/C14H14N2O/c1-10-8-13(17)9-11(2)14(10)16-15-12-6-4-3-5-7-12/h3-9,17H,1-2H3/b16-15+. The Morgan fingerprint density at radius 2 is 1.47 bits per heavy atom. The van der Waals surface area contributed by atoms with Crippen LogP contribution in [0.3, 0.4) is 0 Å². The number of phenols is 1. The summed E-state index contributed by atoms with van der Waals surface area (Å²) in [6.45, 7) is 3.82. The molecule has 0 atom stereocenters. The van der Waals surface area contributed by atoms with Gasteiger partial charge in [-0.3, -0.25) is 0 Å². The van der Waals surface area contributed by atoms with E-state index in [0.717, 1.165) is 22.5 Å². The van der Waals surface area contributed by atoms with Crippen LogP contribution in [0.5, 0.6) is 5.75 Å². The van der Waals surface area contributed by atoms with Crippen molar-refractivity contribution in [2.24, 2.45) is 10.2 Å². The van der Waals surface area contributed by atoms with Gasteiger partial charge in [0.25, 0.3) is 0 Å². The molecule has 2 rings (SSSR count). The summed E-state index contributed by atoms with van der Waals surface area (Å²) in [7, 11) is 0. The maximum Gasteiger partial charge on any atom is 0.116 e. The largest absolute Gasteiger partial charge is 0.508 e. The van der Waals surface area contributed by atoms with E-state index in [0.29, 0.717) is 0 Å². The molecule has 0 unspecified atom stereocenters. The summed E-state index contributed by atoms with van der Waals surface area (Å²) in [5.41, 5.74) is 3.47. The van der Waals surface area contributed by atoms with Crippen molar-refractivity contribution < 1.29 is 5.11 Å². The van der Waals surface area contributed by atoms with Crippen LogP contribution in [-0.2, 0) is 0 Å². The zero-order valence-corrected chi connectivity index (χ0v) is 9.88. The molecule has 86 valence electrons. The van der Waals surface area contributed by atoms with Gasteiger partial charge in [-0.05, 0) is 49.2 Å². The molecule has 1 N–H and O–H groups in total. The van der Waals surface area contributed by atoms with Crippen LogP contribution in [0.25, 0.3) is 0 Å². The fourth-order valence-electron chi connectivity index (χ4n) is 1.69. The lowest BCUT2D eigenvalue weighted by molar-refractivity contribution is 0.474. The molecule has 0 saturated carbocycles. The lowest BCUT2D eigenvalue weighted by Crippen LogP contribution is -1.79. The molecule has 0 bridgehead atoms. The molecular weight excluding hydrogens is 212 g/mol. The van der Waals surface area contributed by atoms with E-state index in [1.165, 1.54) is 0 Å². The van der Waals surface area contributed by atoms with Crippen LogP contribution in [0.2, 0.25) is 0 Å². The van der Waals surface area contributed by atoms with Gasteiger partial charge >= 0.3 is 0 Å². The predicted octanol–water partition coefficient (Wildman–Crippen LogP) is 4.42. The fourth-order valence-corrected chi connectivity index (χ4v) is 1.69. The molecule has 0 radical (unpaired) electrons. The van der Waals surface area contributed by atoms with Crippen molar-refractivity contribution in [1.82, 2.24) is 0 Å². The molecule has 0 fully saturated rings. The first-order valence-electron chi connectivity index (χ1n) is 5.44. The number of phenolic OH excluding ortho intramolecular Hbond substituents is 1. The van der Waals surface area contributed by atoms with Crippen molar-refractivity contribution in [3.05, 3.63) is 53.6 Å². The number of aryl methyl sites for hydroxylation is 2. The monoisotopic (exact) mass is 226 g/mol. The minimum Gasteiger partial charge on any atom is -0.508 e. The highest BCUT2D eigenvalue weighted by Crippen LogP contribution is 2.29. The third-order valence-electron chi connectivity index (χ3n) is 2.50. The zero-order chi connectivity index (χ0) is 12.3. The van der Waals surface area contributed by atoms with E-state index in [9.17, 15) is 5.11 Å². The topological polar surface area (TPSA) is 45.0 Å². The second kappa shape index (κ2) is 4.78. The van der Waals surface area contributed by atoms with Gasteiger partial charge in [0.15, 0.2) is 0 Å². The summed E-state index contributed by atoms with van der Waals surface area (Å²) >= 11 is 0. The van der Waals surface area contributed by atoms with Crippen LogP contribution in [0.4, 0.5) is 11.4 Å². The van der Waals surface area contributed by atoms with Crippen molar-refractivity contribution >= 4 is 11.4 Å². The van der Waals surface area contributed by atoms with Crippen LogP contribution < -0.4 is 0 Å². The van der Waals surface area contributed by atoms with Gasteiger partial charge in [0, 0.05) is 0 Å². The van der Waals surface area contributed by atoms with Gasteiger partial charge in [-0.1, -0.05) is 18.2 Å². The Labute approximate surface area is 100 Å². The number of hydrogen-bond acceptors (Lipinski definition) is 3. The van der Waals surface area contributed by atoms with E-state index >= 15 is 0 Å². The Morgan fingerprint density at radius 1 is 0.882 bits per heavy atom. The highest BCUT2D eigenvalue weighted by molar-refractivity contribution is 5.55. The molecule has 0 aromatic heterocycles. The third-order valence-corrected chi connectivity index (χ3v) is 2.50. The van der Waals surface area contributed by atoms with Crippen LogP contribution >= 0.6 is 0 Å². The van der Waals surface area contributed by atoms with Gasteiger partial charge in [-0.2, -0.15) is 10.2 Å². The third kappa shape index (κ3) is 2.69. The summed E-state index contributed by atoms with van der Waals surface area (Å²) in [6.07, 6.45) is 0. The summed E-state index contributed by atoms with van der Waals surface area (Å²) in [4.78, 5) is 0. The van der Waals surface area contributed by atoms with Crippen LogP contribution in [0.1, 0.15) is 11.1 Å². The quantitative estimate of drug-likeness (QED) is 0.756. The van der Waals surface area contributed by atoms with E-state index in [1.54, 1.807) is 12.1 Å². The van der Waals surface area contributed by atoms with Crippen molar-refractivity contribution in [2.45, 2.75) is 13.8 Å². The molecule has 3 heteroatoms. The van der Waals surface area contributed by atoms with E-state index in [-0.39, 0.29) is 5.75 Å². The Morgan fingerprint density at radius 3 is 2.06 bits per heavy atom. The van der Waals surface area contributed by atoms with Gasteiger partial charge in [0.05, 0.1) is 11.4 Å². The highest BCUT2D eigenvalue weighted by Gasteiger charge is 2.03. The first-order valence-corrected chi connectivity index (χ1v) is 5.44. The molecule has 0 saturated heterocycles. The van der Waals surface area contributed by atoms with Gasteiger partial charge in [0.2, 0.25) is 0 Å². The first-order chi connectivity index (χ1) is 8.16. The minimum absolute atomic E-state index is 0.263. The van der Waals surface area contributed by atoms with Gasteiger partial charge in [0.1, 0.15) is 5.75 Å². The van der Waals surface area contributed by atoms with Crippen LogP contribution in [-0.4, -0.2) is 5.11 Å². The summed E-state index contributed by atoms with van der Waals surface area (Å²) in [5.74, 6) is 0.263. The first kappa shape index (κ1) is 11.3. The second-order valence-corrected chi connectivity index (χ2v) is 3.96. The molecular formula is C14H14N2O. The van der Waals surface area contributed by atoms with Gasteiger partial charge < -0.3 is 5.11 Å². The zero-order valence-electron chi connectivity index (χ0n) is 9.88. The molecule has 0 aliphatic carbocycles. The van der Waals surface area contributed by atoms with Crippen LogP contribution in [0, 0.1) is 13.8 Å². The van der Waals surface area contributed by atoms with E-state index in [4.69, 9.17) is 0 Å². The summed E-state index contributed by atoms with van der Waals surface area (Å²) < 4.78 is 0. The van der Waals surface area contributed by atoms with Crippen molar-refractivity contribution in [1.29, 1.82) is 0 Å². The number of rotatable bonds is 2. The lowest BCUT2D eigenvalue weighted by Gasteiger charge is -2.04. The van der Waals surface area contributed by atoms with Crippen LogP contribution in [0.15, 0.2) is 52.7 Å². The molecule has 2 aromatic carbocycles. The lowest BCUT2D eigenvalue weighted by atomic mass is 10.1. The van der Waals surface area contributed by atoms with Gasteiger partial charge in [-0.15, -0.1) is 0 Å². The summed E-state index contributed by atoms with van der Waals surface area (Å²) in [5, 5.41) is 17.8. The molecule has 0 aliphatic heterocycles. The molecule has 0 aliphatic rings. The predicted molar refractivity (Wildman–Crippen MR) is 68.2 cm³/mol. The highest BCUT2D eigenvalue weighted by atomic mass is 16.3. The number of hydrogen-bond donors (Lipinski definition) is 1.